The summed E-state index contributed by atoms with van der Waals surface area (Å²) < 4.78 is 10.3. The van der Waals surface area contributed by atoms with E-state index in [4.69, 9.17) is 9.26 Å². The number of aromatic nitrogens is 1. The molecular weight excluding hydrogens is 346 g/mol. The first-order chi connectivity index (χ1) is 13.0. The van der Waals surface area contributed by atoms with Gasteiger partial charge in [0.15, 0.2) is 6.54 Å². The number of anilines is 1. The smallest absolute Gasteiger partial charge is 0.314 e. The number of hydrogen-bond donors (Lipinski definition) is 2. The van der Waals surface area contributed by atoms with Gasteiger partial charge in [-0.15, -0.1) is 0 Å². The van der Waals surface area contributed by atoms with Gasteiger partial charge in [0.1, 0.15) is 11.6 Å². The zero-order chi connectivity index (χ0) is 19.2. The molecule has 1 aromatic carbocycles. The molecule has 2 N–H and O–H groups in total. The summed E-state index contributed by atoms with van der Waals surface area (Å²) in [6.45, 7) is 6.00. The fraction of sp³-hybridized carbons (Fsp3) is 0.450. The molecule has 0 bridgehead atoms. The number of amides is 1. The van der Waals surface area contributed by atoms with Crippen LogP contribution in [-0.2, 0) is 14.3 Å². The van der Waals surface area contributed by atoms with Crippen LogP contribution in [0.5, 0.6) is 0 Å². The Morgan fingerprint density at radius 3 is 2.85 bits per heavy atom. The Morgan fingerprint density at radius 2 is 2.11 bits per heavy atom. The van der Waals surface area contributed by atoms with Crippen molar-refractivity contribution in [1.82, 2.24) is 5.16 Å². The van der Waals surface area contributed by atoms with Gasteiger partial charge in [0.2, 0.25) is 5.88 Å². The van der Waals surface area contributed by atoms with E-state index < -0.39 is 0 Å². The SMILES string of the molecule is CCOC(=O)[C@@H]1CCC[NH+](CC(=O)Nc2cc(-c3ccc(C)cc3)no2)C1. The van der Waals surface area contributed by atoms with E-state index in [0.29, 0.717) is 24.7 Å². The number of aryl methyl sites for hydroxylation is 1. The second-order valence-electron chi connectivity index (χ2n) is 6.96. The van der Waals surface area contributed by atoms with Gasteiger partial charge < -0.3 is 14.2 Å². The molecule has 1 saturated heterocycles. The third-order valence-electron chi connectivity index (χ3n) is 4.77. The van der Waals surface area contributed by atoms with Gasteiger partial charge in [-0.25, -0.2) is 0 Å². The number of ether oxygens (including phenoxy) is 1. The van der Waals surface area contributed by atoms with Gasteiger partial charge in [-0.2, -0.15) is 0 Å². The maximum absolute atomic E-state index is 12.3. The van der Waals surface area contributed by atoms with Crippen LogP contribution in [0.4, 0.5) is 5.88 Å². The van der Waals surface area contributed by atoms with Crippen molar-refractivity contribution >= 4 is 17.8 Å². The molecule has 1 unspecified atom stereocenters. The number of rotatable bonds is 6. The molecule has 0 saturated carbocycles. The lowest BCUT2D eigenvalue weighted by Gasteiger charge is -2.27. The zero-order valence-electron chi connectivity index (χ0n) is 15.8. The van der Waals surface area contributed by atoms with Crippen molar-refractivity contribution in [3.05, 3.63) is 35.9 Å². The molecule has 2 aromatic rings. The van der Waals surface area contributed by atoms with Crippen LogP contribution in [0.15, 0.2) is 34.9 Å². The highest BCUT2D eigenvalue weighted by Gasteiger charge is 2.30. The van der Waals surface area contributed by atoms with E-state index >= 15 is 0 Å². The number of esters is 1. The van der Waals surface area contributed by atoms with Gasteiger partial charge in [-0.1, -0.05) is 35.0 Å². The van der Waals surface area contributed by atoms with E-state index in [-0.39, 0.29) is 24.3 Å². The summed E-state index contributed by atoms with van der Waals surface area (Å²) >= 11 is 0. The number of piperidine rings is 1. The van der Waals surface area contributed by atoms with Gasteiger partial charge in [0.25, 0.3) is 5.91 Å². The fourth-order valence-electron chi connectivity index (χ4n) is 3.38. The second-order valence-corrected chi connectivity index (χ2v) is 6.96. The molecule has 3 rings (SSSR count). The summed E-state index contributed by atoms with van der Waals surface area (Å²) in [6, 6.07) is 9.65. The first-order valence-electron chi connectivity index (χ1n) is 9.39. The molecule has 1 aromatic heterocycles. The molecule has 1 amide bonds. The fourth-order valence-corrected chi connectivity index (χ4v) is 3.38. The van der Waals surface area contributed by atoms with E-state index in [1.807, 2.05) is 31.2 Å². The van der Waals surface area contributed by atoms with Crippen molar-refractivity contribution in [3.8, 4) is 11.3 Å². The van der Waals surface area contributed by atoms with Gasteiger partial charge >= 0.3 is 5.97 Å². The summed E-state index contributed by atoms with van der Waals surface area (Å²) in [7, 11) is 0. The Hall–Kier alpha value is -2.67. The van der Waals surface area contributed by atoms with Crippen LogP contribution in [0.1, 0.15) is 25.3 Å². The molecule has 1 aliphatic heterocycles. The van der Waals surface area contributed by atoms with E-state index in [1.165, 1.54) is 5.56 Å². The van der Waals surface area contributed by atoms with Crippen molar-refractivity contribution in [2.45, 2.75) is 26.7 Å². The lowest BCUT2D eigenvalue weighted by molar-refractivity contribution is -0.899. The first kappa shape index (κ1) is 19.1. The van der Waals surface area contributed by atoms with E-state index in [0.717, 1.165) is 29.8 Å². The first-order valence-corrected chi connectivity index (χ1v) is 9.39. The number of carbonyl (C=O) groups is 2. The van der Waals surface area contributed by atoms with E-state index in [1.54, 1.807) is 13.0 Å². The zero-order valence-corrected chi connectivity index (χ0v) is 15.8. The lowest BCUT2D eigenvalue weighted by Crippen LogP contribution is -3.14. The summed E-state index contributed by atoms with van der Waals surface area (Å²) in [5.74, 6) is -0.108. The Bertz CT molecular complexity index is 785. The molecule has 2 heterocycles. The maximum Gasteiger partial charge on any atom is 0.314 e. The van der Waals surface area contributed by atoms with Gasteiger partial charge in [0.05, 0.1) is 19.7 Å². The Morgan fingerprint density at radius 1 is 1.33 bits per heavy atom. The second kappa shape index (κ2) is 8.81. The molecule has 0 spiro atoms. The highest BCUT2D eigenvalue weighted by atomic mass is 16.5. The van der Waals surface area contributed by atoms with Crippen molar-refractivity contribution in [2.24, 2.45) is 5.92 Å². The minimum Gasteiger partial charge on any atom is -0.466 e. The molecule has 1 fully saturated rings. The maximum atomic E-state index is 12.3. The van der Waals surface area contributed by atoms with Crippen LogP contribution >= 0.6 is 0 Å². The Kier molecular flexibility index (Phi) is 6.24. The minimum absolute atomic E-state index is 0.125. The predicted octanol–water partition coefficient (Wildman–Crippen LogP) is 1.45. The summed E-state index contributed by atoms with van der Waals surface area (Å²) in [6.07, 6.45) is 1.73. The monoisotopic (exact) mass is 372 g/mol. The van der Waals surface area contributed by atoms with Gasteiger partial charge in [0, 0.05) is 11.6 Å². The quantitative estimate of drug-likeness (QED) is 0.750. The minimum atomic E-state index is -0.159. The molecule has 7 nitrogen and oxygen atoms in total. The molecule has 27 heavy (non-hydrogen) atoms. The molecule has 144 valence electrons. The average molecular weight is 372 g/mol. The Labute approximate surface area is 158 Å². The predicted molar refractivity (Wildman–Crippen MR) is 100 cm³/mol. The van der Waals surface area contributed by atoms with Crippen LogP contribution in [-0.4, -0.2) is 43.3 Å². The number of quaternary nitrogens is 1. The number of benzene rings is 1. The van der Waals surface area contributed by atoms with Crippen LogP contribution in [0, 0.1) is 12.8 Å². The molecular formula is C20H26N3O4+. The largest absolute Gasteiger partial charge is 0.466 e. The molecule has 2 atom stereocenters. The van der Waals surface area contributed by atoms with Crippen LogP contribution in [0.25, 0.3) is 11.3 Å². The Balaban J connectivity index is 1.53. The normalized spacial score (nSPS) is 19.5. The van der Waals surface area contributed by atoms with Crippen LogP contribution < -0.4 is 10.2 Å². The highest BCUT2D eigenvalue weighted by Crippen LogP contribution is 2.21. The topological polar surface area (TPSA) is 85.9 Å². The number of carbonyl (C=O) groups excluding carboxylic acids is 2. The molecule has 0 radical (unpaired) electrons. The van der Waals surface area contributed by atoms with Crippen LogP contribution in [0.2, 0.25) is 0 Å². The van der Waals surface area contributed by atoms with Crippen molar-refractivity contribution in [2.75, 3.05) is 31.6 Å². The van der Waals surface area contributed by atoms with Crippen molar-refractivity contribution < 1.29 is 23.7 Å². The standard InChI is InChI=1S/C20H25N3O4/c1-3-26-20(25)16-5-4-10-23(12-16)13-18(24)21-19-11-17(22-27-19)15-8-6-14(2)7-9-15/h6-9,11,16H,3-5,10,12-13H2,1-2H3,(H,21,24)/p+1/t16-/m1/s1. The van der Waals surface area contributed by atoms with E-state index in [9.17, 15) is 9.59 Å². The van der Waals surface area contributed by atoms with Crippen LogP contribution in [0.3, 0.4) is 0 Å². The van der Waals surface area contributed by atoms with E-state index in [2.05, 4.69) is 10.5 Å². The molecule has 7 heteroatoms. The third kappa shape index (κ3) is 5.17. The number of nitrogens with zero attached hydrogens (tertiary/aromatic N) is 1. The van der Waals surface area contributed by atoms with Gasteiger partial charge in [-0.05, 0) is 26.7 Å². The number of hydrogen-bond acceptors (Lipinski definition) is 5. The third-order valence-corrected chi connectivity index (χ3v) is 4.77. The summed E-state index contributed by atoms with van der Waals surface area (Å²) in [5, 5.41) is 6.77. The number of nitrogens with one attached hydrogen (secondary N) is 2. The van der Waals surface area contributed by atoms with Crippen molar-refractivity contribution in [1.29, 1.82) is 0 Å². The van der Waals surface area contributed by atoms with Crippen molar-refractivity contribution in [3.63, 3.8) is 0 Å². The average Bonchev–Trinajstić information content (AvgIpc) is 3.11. The number of likely N-dealkylation sites (tertiary alicyclic amines) is 1. The molecule has 1 aliphatic rings. The lowest BCUT2D eigenvalue weighted by atomic mass is 9.98. The summed E-state index contributed by atoms with van der Waals surface area (Å²) in [4.78, 5) is 25.3. The highest BCUT2D eigenvalue weighted by molar-refractivity contribution is 5.90. The van der Waals surface area contributed by atoms with Gasteiger partial charge in [-0.3, -0.25) is 14.9 Å². The molecule has 0 aliphatic carbocycles. The summed E-state index contributed by atoms with van der Waals surface area (Å²) in [5.41, 5.74) is 2.78.